The Balaban J connectivity index is 2.31. The molecule has 2 N–H and O–H groups in total. The van der Waals surface area contributed by atoms with Gasteiger partial charge < -0.3 is 10.5 Å². The molecular formula is C18H23NO. The number of aryl methyl sites for hydroxylation is 3. The molecule has 0 bridgehead atoms. The van der Waals surface area contributed by atoms with Gasteiger partial charge in [-0.25, -0.2) is 0 Å². The van der Waals surface area contributed by atoms with Crippen LogP contribution in [0.1, 0.15) is 33.9 Å². The standard InChI is InChI=1S/C18H23NO/c1-12-5-9-16(10-6-12)17(11-19)20-18-14(3)8-7-13(2)15(18)4/h5-10,17H,11,19H2,1-4H3. The molecule has 0 amide bonds. The molecule has 20 heavy (non-hydrogen) atoms. The third-order valence-electron chi connectivity index (χ3n) is 3.80. The number of hydrogen-bond acceptors (Lipinski definition) is 2. The summed E-state index contributed by atoms with van der Waals surface area (Å²) in [5.74, 6) is 0.959. The van der Waals surface area contributed by atoms with Gasteiger partial charge in [0.15, 0.2) is 0 Å². The van der Waals surface area contributed by atoms with Crippen molar-refractivity contribution in [1.82, 2.24) is 0 Å². The molecule has 106 valence electrons. The fourth-order valence-electron chi connectivity index (χ4n) is 2.28. The predicted molar refractivity (Wildman–Crippen MR) is 84.3 cm³/mol. The van der Waals surface area contributed by atoms with Gasteiger partial charge in [0.05, 0.1) is 0 Å². The highest BCUT2D eigenvalue weighted by Crippen LogP contribution is 2.30. The highest BCUT2D eigenvalue weighted by Gasteiger charge is 2.15. The van der Waals surface area contributed by atoms with E-state index in [0.717, 1.165) is 16.9 Å². The van der Waals surface area contributed by atoms with E-state index in [9.17, 15) is 0 Å². The normalized spacial score (nSPS) is 12.2. The van der Waals surface area contributed by atoms with Crippen molar-refractivity contribution in [3.8, 4) is 5.75 Å². The Bertz CT molecular complexity index is 587. The van der Waals surface area contributed by atoms with Crippen LogP contribution in [0.5, 0.6) is 5.75 Å². The summed E-state index contributed by atoms with van der Waals surface area (Å²) in [6.45, 7) is 8.82. The Kier molecular flexibility index (Phi) is 4.46. The average molecular weight is 269 g/mol. The van der Waals surface area contributed by atoms with E-state index in [1.807, 2.05) is 0 Å². The highest BCUT2D eigenvalue weighted by molar-refractivity contribution is 5.45. The summed E-state index contributed by atoms with van der Waals surface area (Å²) in [5.41, 5.74) is 11.9. The Morgan fingerprint density at radius 2 is 1.50 bits per heavy atom. The maximum absolute atomic E-state index is 6.21. The van der Waals surface area contributed by atoms with Crippen molar-refractivity contribution < 1.29 is 4.74 Å². The Hall–Kier alpha value is -1.80. The van der Waals surface area contributed by atoms with Gasteiger partial charge in [-0.2, -0.15) is 0 Å². The second kappa shape index (κ2) is 6.10. The number of ether oxygens (including phenoxy) is 1. The van der Waals surface area contributed by atoms with Gasteiger partial charge >= 0.3 is 0 Å². The minimum atomic E-state index is -0.102. The van der Waals surface area contributed by atoms with Gasteiger partial charge in [0.2, 0.25) is 0 Å². The molecule has 0 aliphatic rings. The lowest BCUT2D eigenvalue weighted by atomic mass is 10.0. The first-order chi connectivity index (χ1) is 9.52. The first-order valence-electron chi connectivity index (χ1n) is 7.03. The van der Waals surface area contributed by atoms with E-state index >= 15 is 0 Å². The average Bonchev–Trinajstić information content (AvgIpc) is 2.45. The third-order valence-corrected chi connectivity index (χ3v) is 3.80. The molecule has 2 rings (SSSR count). The molecule has 0 aromatic heterocycles. The Morgan fingerprint density at radius 3 is 2.10 bits per heavy atom. The lowest BCUT2D eigenvalue weighted by Crippen LogP contribution is -2.19. The van der Waals surface area contributed by atoms with E-state index in [-0.39, 0.29) is 6.10 Å². The van der Waals surface area contributed by atoms with Crippen LogP contribution in [0.15, 0.2) is 36.4 Å². The van der Waals surface area contributed by atoms with Crippen molar-refractivity contribution >= 4 is 0 Å². The summed E-state index contributed by atoms with van der Waals surface area (Å²) in [5, 5.41) is 0. The van der Waals surface area contributed by atoms with E-state index in [1.54, 1.807) is 0 Å². The quantitative estimate of drug-likeness (QED) is 0.910. The van der Waals surface area contributed by atoms with E-state index in [1.165, 1.54) is 16.7 Å². The highest BCUT2D eigenvalue weighted by atomic mass is 16.5. The predicted octanol–water partition coefficient (Wildman–Crippen LogP) is 4.00. The summed E-state index contributed by atoms with van der Waals surface area (Å²) in [7, 11) is 0. The van der Waals surface area contributed by atoms with E-state index in [2.05, 4.69) is 64.1 Å². The van der Waals surface area contributed by atoms with Gasteiger partial charge in [0.1, 0.15) is 11.9 Å². The molecule has 0 spiro atoms. The second-order valence-corrected chi connectivity index (χ2v) is 5.41. The smallest absolute Gasteiger partial charge is 0.136 e. The SMILES string of the molecule is Cc1ccc(C(CN)Oc2c(C)ccc(C)c2C)cc1. The molecule has 2 aromatic rings. The van der Waals surface area contributed by atoms with Gasteiger partial charge in [-0.1, -0.05) is 42.0 Å². The van der Waals surface area contributed by atoms with Gasteiger partial charge in [0.25, 0.3) is 0 Å². The van der Waals surface area contributed by atoms with Crippen LogP contribution in [0.4, 0.5) is 0 Å². The van der Waals surface area contributed by atoms with Crippen LogP contribution in [0, 0.1) is 27.7 Å². The summed E-state index contributed by atoms with van der Waals surface area (Å²) < 4.78 is 6.21. The summed E-state index contributed by atoms with van der Waals surface area (Å²) in [6.07, 6.45) is -0.102. The number of nitrogens with two attached hydrogens (primary N) is 1. The molecule has 0 radical (unpaired) electrons. The molecule has 2 nitrogen and oxygen atoms in total. The van der Waals surface area contributed by atoms with Crippen LogP contribution in [0.2, 0.25) is 0 Å². The van der Waals surface area contributed by atoms with E-state index in [0.29, 0.717) is 6.54 Å². The van der Waals surface area contributed by atoms with Crippen molar-refractivity contribution in [3.63, 3.8) is 0 Å². The molecular weight excluding hydrogens is 246 g/mol. The molecule has 0 aliphatic carbocycles. The summed E-state index contributed by atoms with van der Waals surface area (Å²) in [6, 6.07) is 12.6. The van der Waals surface area contributed by atoms with Crippen molar-refractivity contribution in [2.75, 3.05) is 6.54 Å². The largest absolute Gasteiger partial charge is 0.484 e. The van der Waals surface area contributed by atoms with E-state index in [4.69, 9.17) is 10.5 Å². The van der Waals surface area contributed by atoms with Crippen molar-refractivity contribution in [2.24, 2.45) is 5.73 Å². The molecule has 0 saturated heterocycles. The van der Waals surface area contributed by atoms with Gasteiger partial charge in [0, 0.05) is 6.54 Å². The third kappa shape index (κ3) is 3.02. The molecule has 1 atom stereocenters. The molecule has 2 heteroatoms. The number of benzene rings is 2. The van der Waals surface area contributed by atoms with Gasteiger partial charge in [-0.15, -0.1) is 0 Å². The molecule has 0 fully saturated rings. The fraction of sp³-hybridized carbons (Fsp3) is 0.333. The van der Waals surface area contributed by atoms with Crippen LogP contribution >= 0.6 is 0 Å². The Labute approximate surface area is 121 Å². The number of hydrogen-bond donors (Lipinski definition) is 1. The minimum absolute atomic E-state index is 0.102. The zero-order valence-corrected chi connectivity index (χ0v) is 12.7. The fourth-order valence-corrected chi connectivity index (χ4v) is 2.28. The van der Waals surface area contributed by atoms with Crippen LogP contribution < -0.4 is 10.5 Å². The van der Waals surface area contributed by atoms with Crippen LogP contribution in [0.25, 0.3) is 0 Å². The lowest BCUT2D eigenvalue weighted by molar-refractivity contribution is 0.211. The first kappa shape index (κ1) is 14.6. The minimum Gasteiger partial charge on any atom is -0.484 e. The van der Waals surface area contributed by atoms with Crippen molar-refractivity contribution in [2.45, 2.75) is 33.8 Å². The van der Waals surface area contributed by atoms with Crippen LogP contribution in [-0.4, -0.2) is 6.54 Å². The maximum atomic E-state index is 6.21. The zero-order chi connectivity index (χ0) is 14.7. The summed E-state index contributed by atoms with van der Waals surface area (Å²) in [4.78, 5) is 0. The van der Waals surface area contributed by atoms with Gasteiger partial charge in [-0.05, 0) is 49.9 Å². The van der Waals surface area contributed by atoms with Crippen molar-refractivity contribution in [1.29, 1.82) is 0 Å². The van der Waals surface area contributed by atoms with E-state index < -0.39 is 0 Å². The first-order valence-corrected chi connectivity index (χ1v) is 7.03. The maximum Gasteiger partial charge on any atom is 0.136 e. The number of rotatable bonds is 4. The molecule has 0 heterocycles. The molecule has 0 aliphatic heterocycles. The van der Waals surface area contributed by atoms with Crippen molar-refractivity contribution in [3.05, 3.63) is 64.2 Å². The topological polar surface area (TPSA) is 35.2 Å². The van der Waals surface area contributed by atoms with Gasteiger partial charge in [-0.3, -0.25) is 0 Å². The molecule has 2 aromatic carbocycles. The molecule has 1 unspecified atom stereocenters. The molecule has 0 saturated carbocycles. The van der Waals surface area contributed by atoms with Crippen LogP contribution in [-0.2, 0) is 0 Å². The second-order valence-electron chi connectivity index (χ2n) is 5.41. The lowest BCUT2D eigenvalue weighted by Gasteiger charge is -2.22. The summed E-state index contributed by atoms with van der Waals surface area (Å²) >= 11 is 0. The monoisotopic (exact) mass is 269 g/mol. The Morgan fingerprint density at radius 1 is 0.900 bits per heavy atom. The van der Waals surface area contributed by atoms with Crippen LogP contribution in [0.3, 0.4) is 0 Å². The zero-order valence-electron chi connectivity index (χ0n) is 12.7.